The molecule has 2 aliphatic heterocycles. The van der Waals surface area contributed by atoms with Crippen molar-refractivity contribution in [3.05, 3.63) is 55.6 Å². The van der Waals surface area contributed by atoms with E-state index in [9.17, 15) is 24.4 Å². The Bertz CT molecular complexity index is 1160. The molecule has 0 aromatic carbocycles. The van der Waals surface area contributed by atoms with Crippen molar-refractivity contribution in [3.63, 3.8) is 0 Å². The minimum atomic E-state index is -1.58. The second-order valence-corrected chi connectivity index (χ2v) is 10.6. The van der Waals surface area contributed by atoms with Crippen LogP contribution in [0.4, 0.5) is 5.13 Å². The zero-order valence-corrected chi connectivity index (χ0v) is 19.7. The second-order valence-electron chi connectivity index (χ2n) is 6.84. The summed E-state index contributed by atoms with van der Waals surface area (Å²) in [6, 6.07) is 1.07. The van der Waals surface area contributed by atoms with E-state index in [1.54, 1.807) is 18.5 Å². The number of nitroso groups, excluding NO2 is 1. The molecule has 4 N–H and O–H groups in total. The molecule has 172 valence electrons. The maximum Gasteiger partial charge on any atom is 0.353 e. The molecule has 4 heterocycles. The number of nitrogen functional groups attached to an aromatic ring is 1. The van der Waals surface area contributed by atoms with Gasteiger partial charge in [0.15, 0.2) is 5.13 Å². The standard InChI is InChI=1S/C18H15ClN6O5S3/c19-13-9(23-18(20)33-13)10(24-30)14(26)22-11-15(27)25-12(17(28)29)8(6-32-16(11)25)31-5-7-2-1-3-21-4-7/h1-4,10-11,16H,5-6H2,(H2,20,23)(H,22,26)(H,28,29)/t10?,11-,16+/m1/s1. The minimum absolute atomic E-state index is 0.0484. The molecule has 33 heavy (non-hydrogen) atoms. The van der Waals surface area contributed by atoms with Crippen LogP contribution in [0.25, 0.3) is 0 Å². The zero-order valence-electron chi connectivity index (χ0n) is 16.5. The number of carboxylic acids is 1. The van der Waals surface area contributed by atoms with E-state index in [0.29, 0.717) is 16.4 Å². The smallest absolute Gasteiger partial charge is 0.353 e. The van der Waals surface area contributed by atoms with Crippen molar-refractivity contribution in [3.8, 4) is 0 Å². The molecule has 1 fully saturated rings. The maximum absolute atomic E-state index is 12.8. The Morgan fingerprint density at radius 3 is 2.88 bits per heavy atom. The molecule has 2 aliphatic rings. The number of carbonyl (C=O) groups excluding carboxylic acids is 2. The third-order valence-electron chi connectivity index (χ3n) is 4.81. The van der Waals surface area contributed by atoms with Crippen molar-refractivity contribution >= 4 is 69.4 Å². The highest BCUT2D eigenvalue weighted by Gasteiger charge is 2.54. The highest BCUT2D eigenvalue weighted by molar-refractivity contribution is 8.05. The number of rotatable bonds is 8. The predicted molar refractivity (Wildman–Crippen MR) is 125 cm³/mol. The van der Waals surface area contributed by atoms with Gasteiger partial charge in [0.1, 0.15) is 27.1 Å². The predicted octanol–water partition coefficient (Wildman–Crippen LogP) is 2.21. The molecule has 0 saturated carbocycles. The Morgan fingerprint density at radius 2 is 2.27 bits per heavy atom. The number of carboxylic acid groups (broad SMARTS) is 1. The number of hydrogen-bond donors (Lipinski definition) is 3. The van der Waals surface area contributed by atoms with E-state index in [1.165, 1.54) is 23.5 Å². The van der Waals surface area contributed by atoms with Crippen molar-refractivity contribution in [2.75, 3.05) is 11.5 Å². The number of halogens is 1. The fourth-order valence-electron chi connectivity index (χ4n) is 3.31. The molecule has 1 unspecified atom stereocenters. The van der Waals surface area contributed by atoms with Crippen LogP contribution in [0.3, 0.4) is 0 Å². The van der Waals surface area contributed by atoms with Gasteiger partial charge in [-0.15, -0.1) is 28.4 Å². The van der Waals surface area contributed by atoms with Crippen molar-refractivity contribution in [1.29, 1.82) is 0 Å². The first kappa shape index (κ1) is 23.5. The van der Waals surface area contributed by atoms with Crippen LogP contribution in [0.15, 0.2) is 40.3 Å². The van der Waals surface area contributed by atoms with Crippen LogP contribution in [0.5, 0.6) is 0 Å². The molecule has 15 heteroatoms. The maximum atomic E-state index is 12.8. The van der Waals surface area contributed by atoms with Gasteiger partial charge in [0.2, 0.25) is 6.04 Å². The van der Waals surface area contributed by atoms with Gasteiger partial charge in [-0.05, 0) is 16.8 Å². The first-order chi connectivity index (χ1) is 15.8. The number of nitrogens with two attached hydrogens (primary N) is 1. The van der Waals surface area contributed by atoms with Crippen LogP contribution < -0.4 is 11.1 Å². The number of carbonyl (C=O) groups is 3. The number of anilines is 1. The summed E-state index contributed by atoms with van der Waals surface area (Å²) in [6.45, 7) is 0. The number of fused-ring (bicyclic) bond motifs is 1. The number of aromatic nitrogens is 2. The molecule has 0 bridgehead atoms. The Labute approximate surface area is 204 Å². The van der Waals surface area contributed by atoms with E-state index >= 15 is 0 Å². The summed E-state index contributed by atoms with van der Waals surface area (Å²) >= 11 is 9.50. The van der Waals surface area contributed by atoms with Crippen molar-refractivity contribution in [2.24, 2.45) is 5.18 Å². The molecule has 0 spiro atoms. The monoisotopic (exact) mass is 526 g/mol. The highest BCUT2D eigenvalue weighted by Crippen LogP contribution is 2.44. The lowest BCUT2D eigenvalue weighted by Crippen LogP contribution is -2.70. The second kappa shape index (κ2) is 9.67. The minimum Gasteiger partial charge on any atom is -0.477 e. The molecular weight excluding hydrogens is 512 g/mol. The highest BCUT2D eigenvalue weighted by atomic mass is 35.5. The Hall–Kier alpha value is -2.68. The lowest BCUT2D eigenvalue weighted by Gasteiger charge is -2.49. The van der Waals surface area contributed by atoms with Gasteiger partial charge in [0, 0.05) is 28.8 Å². The van der Waals surface area contributed by atoms with Gasteiger partial charge >= 0.3 is 5.97 Å². The van der Waals surface area contributed by atoms with Gasteiger partial charge < -0.3 is 16.2 Å². The number of aliphatic carboxylic acids is 1. The number of thioether (sulfide) groups is 2. The topological polar surface area (TPSA) is 168 Å². The summed E-state index contributed by atoms with van der Waals surface area (Å²) in [4.78, 5) is 58.3. The van der Waals surface area contributed by atoms with Crippen LogP contribution in [-0.2, 0) is 20.1 Å². The molecule has 2 amide bonds. The average molecular weight is 527 g/mol. The summed E-state index contributed by atoms with van der Waals surface area (Å²) in [6.07, 6.45) is 3.33. The van der Waals surface area contributed by atoms with Gasteiger partial charge in [0.25, 0.3) is 11.8 Å². The van der Waals surface area contributed by atoms with E-state index in [2.05, 4.69) is 20.5 Å². The molecule has 4 rings (SSSR count). The number of β-lactam (4-membered cyclic amide) rings is 1. The third kappa shape index (κ3) is 4.55. The molecular formula is C18H15ClN6O5S3. The normalized spacial score (nSPS) is 20.6. The molecule has 11 nitrogen and oxygen atoms in total. The van der Waals surface area contributed by atoms with Crippen LogP contribution in [0.2, 0.25) is 4.34 Å². The lowest BCUT2D eigenvalue weighted by molar-refractivity contribution is -0.150. The SMILES string of the molecule is Nc1nc(C(N=O)C(=O)N[C@@H]2C(=O)N3C(C(=O)O)=C(SCc4cccnc4)CS[C@@H]23)c(Cl)s1. The van der Waals surface area contributed by atoms with Gasteiger partial charge in [-0.3, -0.25) is 19.5 Å². The zero-order chi connectivity index (χ0) is 23.7. The van der Waals surface area contributed by atoms with E-state index in [-0.39, 0.29) is 20.9 Å². The summed E-state index contributed by atoms with van der Waals surface area (Å²) in [5.74, 6) is -1.85. The van der Waals surface area contributed by atoms with Crippen molar-refractivity contribution in [1.82, 2.24) is 20.2 Å². The van der Waals surface area contributed by atoms with Crippen LogP contribution in [0, 0.1) is 4.91 Å². The Balaban J connectivity index is 1.48. The number of nitrogens with one attached hydrogen (secondary N) is 1. The number of pyridine rings is 1. The molecule has 3 atom stereocenters. The van der Waals surface area contributed by atoms with Gasteiger partial charge in [-0.25, -0.2) is 9.78 Å². The van der Waals surface area contributed by atoms with E-state index < -0.39 is 35.2 Å². The molecule has 0 radical (unpaired) electrons. The summed E-state index contributed by atoms with van der Waals surface area (Å²) in [5.41, 5.74) is 6.27. The number of nitrogens with zero attached hydrogens (tertiary/aromatic N) is 4. The first-order valence-electron chi connectivity index (χ1n) is 9.29. The van der Waals surface area contributed by atoms with Gasteiger partial charge in [0.05, 0.1) is 0 Å². The van der Waals surface area contributed by atoms with Crippen LogP contribution >= 0.6 is 46.5 Å². The fourth-order valence-corrected chi connectivity index (χ4v) is 6.85. The largest absolute Gasteiger partial charge is 0.477 e. The van der Waals surface area contributed by atoms with E-state index in [0.717, 1.165) is 21.8 Å². The van der Waals surface area contributed by atoms with Crippen LogP contribution in [-0.4, -0.2) is 54.9 Å². The van der Waals surface area contributed by atoms with Crippen molar-refractivity contribution in [2.45, 2.75) is 23.2 Å². The number of amides is 2. The summed E-state index contributed by atoms with van der Waals surface area (Å²) < 4.78 is 0.0484. The summed E-state index contributed by atoms with van der Waals surface area (Å²) in [7, 11) is 0. The molecule has 0 aliphatic carbocycles. The molecule has 2 aromatic heterocycles. The number of thiazole rings is 1. The van der Waals surface area contributed by atoms with E-state index in [4.69, 9.17) is 17.3 Å². The Morgan fingerprint density at radius 1 is 1.48 bits per heavy atom. The van der Waals surface area contributed by atoms with Crippen molar-refractivity contribution < 1.29 is 19.5 Å². The fraction of sp³-hybridized carbons (Fsp3) is 0.278. The van der Waals surface area contributed by atoms with Crippen LogP contribution in [0.1, 0.15) is 17.3 Å². The molecule has 1 saturated heterocycles. The van der Waals surface area contributed by atoms with Gasteiger partial charge in [-0.1, -0.05) is 29.0 Å². The summed E-state index contributed by atoms with van der Waals surface area (Å²) in [5, 5.41) is 14.5. The Kier molecular flexibility index (Phi) is 6.88. The molecule has 2 aromatic rings. The van der Waals surface area contributed by atoms with E-state index in [1.807, 2.05) is 6.07 Å². The first-order valence-corrected chi connectivity index (χ1v) is 12.5. The van der Waals surface area contributed by atoms with Gasteiger partial charge in [-0.2, -0.15) is 0 Å². The number of hydrogen-bond acceptors (Lipinski definition) is 11. The average Bonchev–Trinajstić information content (AvgIpc) is 3.13. The third-order valence-corrected chi connectivity index (χ3v) is 8.55. The lowest BCUT2D eigenvalue weighted by atomic mass is 10.0. The quantitative estimate of drug-likeness (QED) is 0.342.